The van der Waals surface area contributed by atoms with Crippen LogP contribution in [0.5, 0.6) is 0 Å². The third-order valence-corrected chi connectivity index (χ3v) is 9.55. The van der Waals surface area contributed by atoms with Gasteiger partial charge in [-0.1, -0.05) is 23.8 Å². The maximum atomic E-state index is 12.9. The molecule has 0 bridgehead atoms. The highest BCUT2D eigenvalue weighted by molar-refractivity contribution is 7.93. The number of anilines is 3. The molecule has 0 aliphatic heterocycles. The van der Waals surface area contributed by atoms with Gasteiger partial charge in [-0.15, -0.1) is 0 Å². The van der Waals surface area contributed by atoms with E-state index in [-0.39, 0.29) is 9.79 Å². The van der Waals surface area contributed by atoms with Gasteiger partial charge in [0.2, 0.25) is 0 Å². The molecule has 4 aromatic carbocycles. The predicted molar refractivity (Wildman–Crippen MR) is 154 cm³/mol. The van der Waals surface area contributed by atoms with E-state index in [4.69, 9.17) is 0 Å². The molecular formula is C29H29N3O5S2. The SMILES string of the molecule is Cc1ccc(S(=O)(=O)N(C)c2ccc(C(=O)Nc3ccc(S(=O)(=O)Nc4ccc(C)c(C)c4)cc3)cc2)cc1. The van der Waals surface area contributed by atoms with Gasteiger partial charge in [0, 0.05) is 24.0 Å². The Morgan fingerprint density at radius 2 is 1.23 bits per heavy atom. The molecule has 4 aromatic rings. The lowest BCUT2D eigenvalue weighted by Crippen LogP contribution is -2.26. The van der Waals surface area contributed by atoms with Gasteiger partial charge in [-0.05, 0) is 105 Å². The number of rotatable bonds is 8. The van der Waals surface area contributed by atoms with Crippen LogP contribution in [0.25, 0.3) is 0 Å². The van der Waals surface area contributed by atoms with Crippen molar-refractivity contribution in [3.05, 3.63) is 113 Å². The van der Waals surface area contributed by atoms with Crippen LogP contribution < -0.4 is 14.3 Å². The molecule has 2 N–H and O–H groups in total. The van der Waals surface area contributed by atoms with Crippen molar-refractivity contribution in [2.24, 2.45) is 0 Å². The molecule has 0 spiro atoms. The molecule has 0 heterocycles. The average molecular weight is 564 g/mol. The van der Waals surface area contributed by atoms with Gasteiger partial charge >= 0.3 is 0 Å². The Hall–Kier alpha value is -4.15. The molecule has 0 fully saturated rings. The summed E-state index contributed by atoms with van der Waals surface area (Å²) in [5.74, 6) is -0.422. The fourth-order valence-electron chi connectivity index (χ4n) is 3.77. The zero-order chi connectivity index (χ0) is 28.4. The van der Waals surface area contributed by atoms with Gasteiger partial charge in [0.25, 0.3) is 26.0 Å². The number of carbonyl (C=O) groups is 1. The smallest absolute Gasteiger partial charge is 0.264 e. The fraction of sp³-hybridized carbons (Fsp3) is 0.138. The Kier molecular flexibility index (Phi) is 7.80. The van der Waals surface area contributed by atoms with Crippen molar-refractivity contribution >= 4 is 43.0 Å². The number of nitrogens with zero attached hydrogens (tertiary/aromatic N) is 1. The lowest BCUT2D eigenvalue weighted by atomic mass is 10.1. The van der Waals surface area contributed by atoms with E-state index in [0.29, 0.717) is 22.6 Å². The second kappa shape index (κ2) is 10.9. The van der Waals surface area contributed by atoms with Crippen molar-refractivity contribution in [3.8, 4) is 0 Å². The summed E-state index contributed by atoms with van der Waals surface area (Å²) in [4.78, 5) is 13.0. The van der Waals surface area contributed by atoms with Crippen molar-refractivity contribution in [3.63, 3.8) is 0 Å². The molecule has 1 amide bonds. The van der Waals surface area contributed by atoms with Gasteiger partial charge in [-0.25, -0.2) is 16.8 Å². The van der Waals surface area contributed by atoms with E-state index >= 15 is 0 Å². The van der Waals surface area contributed by atoms with Gasteiger partial charge in [-0.3, -0.25) is 13.8 Å². The van der Waals surface area contributed by atoms with Crippen LogP contribution in [-0.2, 0) is 20.0 Å². The number of amides is 1. The molecule has 0 aliphatic carbocycles. The quantitative estimate of drug-likeness (QED) is 0.294. The first-order chi connectivity index (χ1) is 18.4. The standard InChI is InChI=1S/C29H29N3O5S2/c1-20-5-15-28(16-6-20)39(36,37)32(4)26-13-8-23(9-14-26)29(33)30-24-11-17-27(18-12-24)38(34,35)31-25-10-7-21(2)22(3)19-25/h5-19,31H,1-4H3,(H,30,33). The van der Waals surface area contributed by atoms with E-state index < -0.39 is 26.0 Å². The largest absolute Gasteiger partial charge is 0.322 e. The number of benzene rings is 4. The molecule has 0 atom stereocenters. The zero-order valence-corrected chi connectivity index (χ0v) is 23.6. The van der Waals surface area contributed by atoms with Gasteiger partial charge in [-0.2, -0.15) is 0 Å². The summed E-state index contributed by atoms with van der Waals surface area (Å²) < 4.78 is 55.1. The average Bonchev–Trinajstić information content (AvgIpc) is 2.91. The fourth-order valence-corrected chi connectivity index (χ4v) is 6.01. The minimum absolute atomic E-state index is 0.0564. The lowest BCUT2D eigenvalue weighted by Gasteiger charge is -2.20. The monoisotopic (exact) mass is 563 g/mol. The van der Waals surface area contributed by atoms with Crippen LogP contribution in [0.15, 0.2) is 101 Å². The van der Waals surface area contributed by atoms with Crippen LogP contribution in [0.4, 0.5) is 17.1 Å². The van der Waals surface area contributed by atoms with Crippen molar-refractivity contribution in [1.82, 2.24) is 0 Å². The predicted octanol–water partition coefficient (Wildman–Crippen LogP) is 5.49. The molecule has 8 nitrogen and oxygen atoms in total. The number of nitrogens with one attached hydrogen (secondary N) is 2. The van der Waals surface area contributed by atoms with Crippen LogP contribution in [0, 0.1) is 20.8 Å². The van der Waals surface area contributed by atoms with Crippen molar-refractivity contribution < 1.29 is 21.6 Å². The summed E-state index contributed by atoms with van der Waals surface area (Å²) in [5, 5.41) is 2.72. The maximum Gasteiger partial charge on any atom is 0.264 e. The Morgan fingerprint density at radius 1 is 0.667 bits per heavy atom. The molecule has 0 aromatic heterocycles. The van der Waals surface area contributed by atoms with E-state index in [1.165, 1.54) is 43.4 Å². The summed E-state index contributed by atoms with van der Waals surface area (Å²) in [6.07, 6.45) is 0. The van der Waals surface area contributed by atoms with E-state index in [2.05, 4.69) is 10.0 Å². The second-order valence-electron chi connectivity index (χ2n) is 9.22. The Morgan fingerprint density at radius 3 is 1.82 bits per heavy atom. The van der Waals surface area contributed by atoms with E-state index in [1.54, 1.807) is 48.5 Å². The highest BCUT2D eigenvalue weighted by Crippen LogP contribution is 2.24. The molecule has 202 valence electrons. The molecule has 0 radical (unpaired) electrons. The topological polar surface area (TPSA) is 113 Å². The first-order valence-corrected chi connectivity index (χ1v) is 15.0. The first-order valence-electron chi connectivity index (χ1n) is 12.0. The highest BCUT2D eigenvalue weighted by atomic mass is 32.2. The summed E-state index contributed by atoms with van der Waals surface area (Å²) in [6, 6.07) is 23.9. The molecule has 0 saturated heterocycles. The Bertz CT molecular complexity index is 1720. The van der Waals surface area contributed by atoms with Crippen molar-refractivity contribution in [1.29, 1.82) is 0 Å². The zero-order valence-electron chi connectivity index (χ0n) is 22.0. The summed E-state index contributed by atoms with van der Waals surface area (Å²) in [7, 11) is -6.10. The maximum absolute atomic E-state index is 12.9. The number of aryl methyl sites for hydroxylation is 3. The Balaban J connectivity index is 1.42. The first kappa shape index (κ1) is 27.9. The van der Waals surface area contributed by atoms with E-state index in [9.17, 15) is 21.6 Å². The highest BCUT2D eigenvalue weighted by Gasteiger charge is 2.21. The van der Waals surface area contributed by atoms with Gasteiger partial charge in [0.15, 0.2) is 0 Å². The molecule has 0 aliphatic rings. The van der Waals surface area contributed by atoms with Gasteiger partial charge < -0.3 is 5.32 Å². The molecular weight excluding hydrogens is 534 g/mol. The van der Waals surface area contributed by atoms with Crippen LogP contribution in [0.1, 0.15) is 27.0 Å². The van der Waals surface area contributed by atoms with E-state index in [0.717, 1.165) is 21.0 Å². The number of carbonyl (C=O) groups excluding carboxylic acids is 1. The summed E-state index contributed by atoms with van der Waals surface area (Å²) >= 11 is 0. The van der Waals surface area contributed by atoms with Crippen molar-refractivity contribution in [2.45, 2.75) is 30.6 Å². The second-order valence-corrected chi connectivity index (χ2v) is 12.9. The third kappa shape index (κ3) is 6.30. The minimum atomic E-state index is -3.80. The lowest BCUT2D eigenvalue weighted by molar-refractivity contribution is 0.102. The van der Waals surface area contributed by atoms with Crippen LogP contribution >= 0.6 is 0 Å². The van der Waals surface area contributed by atoms with Gasteiger partial charge in [0.1, 0.15) is 0 Å². The number of hydrogen-bond acceptors (Lipinski definition) is 5. The molecule has 39 heavy (non-hydrogen) atoms. The molecule has 4 rings (SSSR count). The third-order valence-electron chi connectivity index (χ3n) is 6.35. The Labute approximate surface area is 229 Å². The van der Waals surface area contributed by atoms with Gasteiger partial charge in [0.05, 0.1) is 15.5 Å². The number of sulfonamides is 2. The molecule has 0 unspecified atom stereocenters. The summed E-state index contributed by atoms with van der Waals surface area (Å²) in [6.45, 7) is 5.74. The van der Waals surface area contributed by atoms with Crippen molar-refractivity contribution in [2.75, 3.05) is 21.4 Å². The van der Waals surface area contributed by atoms with E-state index in [1.807, 2.05) is 26.8 Å². The summed E-state index contributed by atoms with van der Waals surface area (Å²) in [5.41, 5.74) is 4.58. The molecule has 10 heteroatoms. The molecule has 0 saturated carbocycles. The van der Waals surface area contributed by atoms with Crippen LogP contribution in [0.2, 0.25) is 0 Å². The van der Waals surface area contributed by atoms with Crippen LogP contribution in [-0.4, -0.2) is 29.8 Å². The normalized spacial score (nSPS) is 11.6. The minimum Gasteiger partial charge on any atom is -0.322 e. The van der Waals surface area contributed by atoms with Crippen LogP contribution in [0.3, 0.4) is 0 Å². The number of hydrogen-bond donors (Lipinski definition) is 2.